The zero-order valence-corrected chi connectivity index (χ0v) is 16.9. The van der Waals surface area contributed by atoms with Gasteiger partial charge in [0.05, 0.1) is 0 Å². The van der Waals surface area contributed by atoms with E-state index in [9.17, 15) is 0 Å². The summed E-state index contributed by atoms with van der Waals surface area (Å²) in [6, 6.07) is 5.06. The Balaban J connectivity index is 1.62. The highest BCUT2D eigenvalue weighted by Crippen LogP contribution is 2.42. The third kappa shape index (κ3) is 6.02. The maximum atomic E-state index is 2.45. The van der Waals surface area contributed by atoms with E-state index in [1.807, 2.05) is 0 Å². The Morgan fingerprint density at radius 1 is 0.864 bits per heavy atom. The van der Waals surface area contributed by atoms with Crippen molar-refractivity contribution in [1.82, 2.24) is 0 Å². The monoisotopic (exact) mass is 322 g/mol. The minimum absolute atomic E-state index is 0.287. The summed E-state index contributed by atoms with van der Waals surface area (Å²) in [5, 5.41) is 0. The fourth-order valence-corrected chi connectivity index (χ4v) is 8.79. The van der Waals surface area contributed by atoms with E-state index in [1.54, 1.807) is 63.1 Å². The van der Waals surface area contributed by atoms with Gasteiger partial charge >= 0.3 is 0 Å². The molecule has 2 aliphatic rings. The van der Waals surface area contributed by atoms with Crippen molar-refractivity contribution in [3.63, 3.8) is 0 Å². The Kier molecular flexibility index (Phi) is 8.57. The van der Waals surface area contributed by atoms with Crippen molar-refractivity contribution < 1.29 is 0 Å². The predicted octanol–water partition coefficient (Wildman–Crippen LogP) is 7.06. The second kappa shape index (κ2) is 10.2. The van der Waals surface area contributed by atoms with E-state index < -0.39 is 0 Å². The molecule has 1 saturated carbocycles. The predicted molar refractivity (Wildman–Crippen MR) is 103 cm³/mol. The average molecular weight is 323 g/mol. The lowest BCUT2D eigenvalue weighted by atomic mass is 9.72. The minimum Gasteiger partial charge on any atom is -0.0654 e. The van der Waals surface area contributed by atoms with Crippen LogP contribution < -0.4 is 0 Å². The summed E-state index contributed by atoms with van der Waals surface area (Å²) >= 11 is 0. The number of rotatable bonds is 8. The zero-order valence-electron chi connectivity index (χ0n) is 15.8. The molecule has 0 aromatic carbocycles. The van der Waals surface area contributed by atoms with E-state index in [2.05, 4.69) is 20.8 Å². The van der Waals surface area contributed by atoms with Crippen molar-refractivity contribution >= 4 is 8.80 Å². The first-order valence-electron chi connectivity index (χ1n) is 10.7. The largest absolute Gasteiger partial charge is 0.0654 e. The van der Waals surface area contributed by atoms with Gasteiger partial charge in [-0.05, 0) is 42.9 Å². The Labute approximate surface area is 142 Å². The molecule has 0 spiro atoms. The van der Waals surface area contributed by atoms with Gasteiger partial charge < -0.3 is 0 Å². The molecule has 130 valence electrons. The fourth-order valence-electron chi connectivity index (χ4n) is 5.26. The SMILES string of the molecule is CCCCC[Si@H]1CC[C@H](C2CCC(C[C@@H](C)CC)CC2)CC1. The van der Waals surface area contributed by atoms with Crippen LogP contribution in [0.4, 0.5) is 0 Å². The van der Waals surface area contributed by atoms with Gasteiger partial charge in [-0.3, -0.25) is 0 Å². The highest BCUT2D eigenvalue weighted by Gasteiger charge is 2.31. The molecule has 0 nitrogen and oxygen atoms in total. The van der Waals surface area contributed by atoms with Gasteiger partial charge in [0, 0.05) is 8.80 Å². The molecule has 1 heteroatoms. The summed E-state index contributed by atoms with van der Waals surface area (Å²) in [4.78, 5) is 0. The third-order valence-corrected chi connectivity index (χ3v) is 10.6. The van der Waals surface area contributed by atoms with Crippen molar-refractivity contribution in [3.05, 3.63) is 0 Å². The summed E-state index contributed by atoms with van der Waals surface area (Å²) < 4.78 is 0. The zero-order chi connectivity index (χ0) is 15.8. The average Bonchev–Trinajstić information content (AvgIpc) is 2.56. The van der Waals surface area contributed by atoms with Crippen LogP contribution in [0.2, 0.25) is 18.1 Å². The van der Waals surface area contributed by atoms with Crippen LogP contribution in [0.3, 0.4) is 0 Å². The molecule has 22 heavy (non-hydrogen) atoms. The van der Waals surface area contributed by atoms with Crippen molar-refractivity contribution in [2.75, 3.05) is 0 Å². The molecule has 0 radical (unpaired) electrons. The van der Waals surface area contributed by atoms with Crippen LogP contribution in [0.25, 0.3) is 0 Å². The van der Waals surface area contributed by atoms with E-state index in [4.69, 9.17) is 0 Å². The summed E-state index contributed by atoms with van der Waals surface area (Å²) in [7, 11) is -0.287. The maximum Gasteiger partial charge on any atom is 0.0368 e. The molecule has 1 atom stereocenters. The molecule has 1 saturated heterocycles. The van der Waals surface area contributed by atoms with Gasteiger partial charge in [0.25, 0.3) is 0 Å². The van der Waals surface area contributed by atoms with Crippen LogP contribution in [0.1, 0.15) is 91.4 Å². The molecule has 1 aliphatic carbocycles. The maximum absolute atomic E-state index is 2.45. The summed E-state index contributed by atoms with van der Waals surface area (Å²) in [6.45, 7) is 7.16. The standard InChI is InChI=1S/C21H42Si/c1-4-6-7-14-22-15-12-21(13-16-22)20-10-8-19(9-11-20)17-18(3)5-2/h18-22H,4-17H2,1-3H3/t18-,19?,20?,21-,22-/m0/s1. The van der Waals surface area contributed by atoms with Gasteiger partial charge in [0.2, 0.25) is 0 Å². The van der Waals surface area contributed by atoms with E-state index in [-0.39, 0.29) is 8.80 Å². The van der Waals surface area contributed by atoms with Gasteiger partial charge in [0.1, 0.15) is 0 Å². The molecule has 0 aromatic rings. The number of hydrogen-bond acceptors (Lipinski definition) is 0. The van der Waals surface area contributed by atoms with Gasteiger partial charge in [-0.2, -0.15) is 0 Å². The normalized spacial score (nSPS) is 34.5. The molecule has 0 unspecified atom stereocenters. The molecule has 1 aliphatic heterocycles. The smallest absolute Gasteiger partial charge is 0.0368 e. The van der Waals surface area contributed by atoms with Crippen LogP contribution in [0.5, 0.6) is 0 Å². The highest BCUT2D eigenvalue weighted by atomic mass is 28.3. The molecule has 1 heterocycles. The van der Waals surface area contributed by atoms with Crippen LogP contribution >= 0.6 is 0 Å². The van der Waals surface area contributed by atoms with Gasteiger partial charge in [-0.15, -0.1) is 0 Å². The molecule has 2 rings (SSSR count). The van der Waals surface area contributed by atoms with E-state index in [1.165, 1.54) is 25.7 Å². The fraction of sp³-hybridized carbons (Fsp3) is 1.00. The number of hydrogen-bond donors (Lipinski definition) is 0. The Hall–Kier alpha value is 0.217. The quantitative estimate of drug-likeness (QED) is 0.331. The second-order valence-electron chi connectivity index (χ2n) is 8.81. The van der Waals surface area contributed by atoms with Crippen LogP contribution in [-0.2, 0) is 0 Å². The summed E-state index contributed by atoms with van der Waals surface area (Å²) in [6.07, 6.45) is 16.9. The lowest BCUT2D eigenvalue weighted by Gasteiger charge is -2.38. The minimum atomic E-state index is -0.287. The Morgan fingerprint density at radius 3 is 2.09 bits per heavy atom. The molecule has 2 fully saturated rings. The van der Waals surface area contributed by atoms with Crippen molar-refractivity contribution in [2.24, 2.45) is 23.7 Å². The number of unbranched alkanes of at least 4 members (excludes halogenated alkanes) is 2. The van der Waals surface area contributed by atoms with Crippen LogP contribution in [-0.4, -0.2) is 8.80 Å². The third-order valence-electron chi connectivity index (χ3n) is 7.10. The summed E-state index contributed by atoms with van der Waals surface area (Å²) in [5.41, 5.74) is 0. The van der Waals surface area contributed by atoms with Gasteiger partial charge in [0.15, 0.2) is 0 Å². The second-order valence-corrected chi connectivity index (χ2v) is 12.3. The van der Waals surface area contributed by atoms with Gasteiger partial charge in [-0.25, -0.2) is 0 Å². The first kappa shape index (κ1) is 18.6. The van der Waals surface area contributed by atoms with Crippen LogP contribution in [0.15, 0.2) is 0 Å². The van der Waals surface area contributed by atoms with E-state index >= 15 is 0 Å². The first-order chi connectivity index (χ1) is 10.7. The van der Waals surface area contributed by atoms with Crippen LogP contribution in [0, 0.1) is 23.7 Å². The van der Waals surface area contributed by atoms with E-state index in [0.717, 1.165) is 23.7 Å². The summed E-state index contributed by atoms with van der Waals surface area (Å²) in [5.74, 6) is 4.30. The lowest BCUT2D eigenvalue weighted by molar-refractivity contribution is 0.175. The van der Waals surface area contributed by atoms with Gasteiger partial charge in [-0.1, -0.05) is 90.3 Å². The van der Waals surface area contributed by atoms with E-state index in [0.29, 0.717) is 0 Å². The molecule has 0 aromatic heterocycles. The van der Waals surface area contributed by atoms with Crippen molar-refractivity contribution in [2.45, 2.75) is 110 Å². The lowest BCUT2D eigenvalue weighted by Crippen LogP contribution is -2.28. The molecular weight excluding hydrogens is 280 g/mol. The Bertz CT molecular complexity index is 272. The highest BCUT2D eigenvalue weighted by molar-refractivity contribution is 6.58. The first-order valence-corrected chi connectivity index (χ1v) is 13.2. The van der Waals surface area contributed by atoms with Crippen molar-refractivity contribution in [1.29, 1.82) is 0 Å². The molecule has 0 amide bonds. The topological polar surface area (TPSA) is 0 Å². The van der Waals surface area contributed by atoms with Crippen molar-refractivity contribution in [3.8, 4) is 0 Å². The molecule has 0 N–H and O–H groups in total. The Morgan fingerprint density at radius 2 is 1.50 bits per heavy atom. The molecular formula is C21H42Si. The molecule has 0 bridgehead atoms.